The minimum absolute atomic E-state index is 0.125. The molecule has 5 heteroatoms. The lowest BCUT2D eigenvalue weighted by Gasteiger charge is -2.18. The van der Waals surface area contributed by atoms with E-state index in [1.54, 1.807) is 12.1 Å². The molecule has 0 radical (unpaired) electrons. The number of nitrogens with one attached hydrogen (secondary N) is 2. The zero-order valence-electron chi connectivity index (χ0n) is 12.9. The van der Waals surface area contributed by atoms with Gasteiger partial charge in [0.15, 0.2) is 0 Å². The second kappa shape index (κ2) is 7.20. The SMILES string of the molecule is CNCCc1ccc(S(=O)(=O)NCCC(C)(C)C)cc1. The van der Waals surface area contributed by atoms with E-state index >= 15 is 0 Å². The maximum absolute atomic E-state index is 12.1. The summed E-state index contributed by atoms with van der Waals surface area (Å²) in [5.74, 6) is 0. The van der Waals surface area contributed by atoms with Crippen molar-refractivity contribution in [1.82, 2.24) is 10.0 Å². The predicted octanol–water partition coefficient (Wildman–Crippen LogP) is 2.16. The highest BCUT2D eigenvalue weighted by molar-refractivity contribution is 7.89. The van der Waals surface area contributed by atoms with Crippen molar-refractivity contribution >= 4 is 10.0 Å². The second-order valence-corrected chi connectivity index (χ2v) is 7.97. The minimum Gasteiger partial charge on any atom is -0.319 e. The van der Waals surface area contributed by atoms with E-state index in [4.69, 9.17) is 0 Å². The molecule has 0 atom stereocenters. The highest BCUT2D eigenvalue weighted by atomic mass is 32.2. The molecule has 20 heavy (non-hydrogen) atoms. The summed E-state index contributed by atoms with van der Waals surface area (Å²) in [4.78, 5) is 0.333. The molecule has 0 saturated carbocycles. The smallest absolute Gasteiger partial charge is 0.240 e. The second-order valence-electron chi connectivity index (χ2n) is 6.21. The molecule has 2 N–H and O–H groups in total. The van der Waals surface area contributed by atoms with Crippen LogP contribution in [0.15, 0.2) is 29.2 Å². The van der Waals surface area contributed by atoms with Gasteiger partial charge in [-0.2, -0.15) is 0 Å². The summed E-state index contributed by atoms with van der Waals surface area (Å²) in [6.07, 6.45) is 1.71. The molecule has 0 bridgehead atoms. The zero-order valence-corrected chi connectivity index (χ0v) is 13.7. The lowest BCUT2D eigenvalue weighted by molar-refractivity contribution is 0.378. The summed E-state index contributed by atoms with van der Waals surface area (Å²) >= 11 is 0. The van der Waals surface area contributed by atoms with Crippen LogP contribution in [0.2, 0.25) is 0 Å². The van der Waals surface area contributed by atoms with Gasteiger partial charge in [-0.25, -0.2) is 13.1 Å². The number of sulfonamides is 1. The Kier molecular flexibility index (Phi) is 6.17. The fourth-order valence-corrected chi connectivity index (χ4v) is 2.78. The first-order valence-corrected chi connectivity index (χ1v) is 8.46. The van der Waals surface area contributed by atoms with Crippen molar-refractivity contribution < 1.29 is 8.42 Å². The molecule has 0 heterocycles. The number of rotatable bonds is 7. The van der Waals surface area contributed by atoms with Crippen LogP contribution < -0.4 is 10.0 Å². The molecule has 1 aromatic carbocycles. The maximum Gasteiger partial charge on any atom is 0.240 e. The van der Waals surface area contributed by atoms with E-state index in [1.807, 2.05) is 19.2 Å². The highest BCUT2D eigenvalue weighted by Gasteiger charge is 2.16. The van der Waals surface area contributed by atoms with Crippen molar-refractivity contribution in [3.8, 4) is 0 Å². The van der Waals surface area contributed by atoms with Crippen molar-refractivity contribution in [2.24, 2.45) is 5.41 Å². The predicted molar refractivity (Wildman–Crippen MR) is 83.3 cm³/mol. The maximum atomic E-state index is 12.1. The van der Waals surface area contributed by atoms with E-state index in [1.165, 1.54) is 0 Å². The Balaban J connectivity index is 2.63. The molecule has 4 nitrogen and oxygen atoms in total. The lowest BCUT2D eigenvalue weighted by atomic mass is 9.93. The van der Waals surface area contributed by atoms with Crippen molar-refractivity contribution in [2.75, 3.05) is 20.1 Å². The fourth-order valence-electron chi connectivity index (χ4n) is 1.75. The average molecular weight is 298 g/mol. The van der Waals surface area contributed by atoms with Crippen LogP contribution in [-0.2, 0) is 16.4 Å². The molecule has 0 spiro atoms. The Hall–Kier alpha value is -0.910. The summed E-state index contributed by atoms with van der Waals surface area (Å²) in [7, 11) is -1.48. The summed E-state index contributed by atoms with van der Waals surface area (Å²) in [5, 5.41) is 3.07. The van der Waals surface area contributed by atoms with Gasteiger partial charge in [-0.05, 0) is 49.5 Å². The molecular weight excluding hydrogens is 272 g/mol. The van der Waals surface area contributed by atoms with Crippen LogP contribution in [0.5, 0.6) is 0 Å². The number of hydrogen-bond donors (Lipinski definition) is 2. The van der Waals surface area contributed by atoms with Gasteiger partial charge in [0, 0.05) is 6.54 Å². The standard InChI is InChI=1S/C15H26N2O2S/c1-15(2,3)10-12-17-20(18,19)14-7-5-13(6-8-14)9-11-16-4/h5-8,16-17H,9-12H2,1-4H3. The summed E-state index contributed by atoms with van der Waals surface area (Å²) in [5.41, 5.74) is 1.26. The topological polar surface area (TPSA) is 58.2 Å². The third-order valence-corrected chi connectivity index (χ3v) is 4.54. The summed E-state index contributed by atoms with van der Waals surface area (Å²) in [6, 6.07) is 7.08. The Morgan fingerprint density at radius 2 is 1.65 bits per heavy atom. The van der Waals surface area contributed by atoms with Gasteiger partial charge in [0.1, 0.15) is 0 Å². The Labute approximate surface area is 123 Å². The van der Waals surface area contributed by atoms with E-state index in [2.05, 4.69) is 30.8 Å². The Bertz CT molecular complexity index is 502. The van der Waals surface area contributed by atoms with Crippen molar-refractivity contribution in [1.29, 1.82) is 0 Å². The van der Waals surface area contributed by atoms with Gasteiger partial charge in [0.25, 0.3) is 0 Å². The molecule has 0 unspecified atom stereocenters. The quantitative estimate of drug-likeness (QED) is 0.811. The summed E-state index contributed by atoms with van der Waals surface area (Å²) in [6.45, 7) is 7.64. The van der Waals surface area contributed by atoms with Crippen LogP contribution in [0.4, 0.5) is 0 Å². The van der Waals surface area contributed by atoms with E-state index in [-0.39, 0.29) is 5.41 Å². The van der Waals surface area contributed by atoms with Crippen LogP contribution in [-0.4, -0.2) is 28.6 Å². The van der Waals surface area contributed by atoms with Crippen molar-refractivity contribution in [2.45, 2.75) is 38.5 Å². The fraction of sp³-hybridized carbons (Fsp3) is 0.600. The first-order chi connectivity index (χ1) is 9.24. The van der Waals surface area contributed by atoms with Crippen LogP contribution in [0.3, 0.4) is 0 Å². The normalized spacial score (nSPS) is 12.6. The zero-order chi connectivity index (χ0) is 15.2. The first-order valence-electron chi connectivity index (χ1n) is 6.98. The number of benzene rings is 1. The van der Waals surface area contributed by atoms with E-state index in [0.29, 0.717) is 11.4 Å². The first kappa shape index (κ1) is 17.1. The van der Waals surface area contributed by atoms with Crippen LogP contribution in [0.25, 0.3) is 0 Å². The number of likely N-dealkylation sites (N-methyl/N-ethyl adjacent to an activating group) is 1. The molecule has 0 aliphatic heterocycles. The lowest BCUT2D eigenvalue weighted by Crippen LogP contribution is -2.27. The third kappa shape index (κ3) is 6.03. The molecule has 0 fully saturated rings. The van der Waals surface area contributed by atoms with Crippen molar-refractivity contribution in [3.63, 3.8) is 0 Å². The van der Waals surface area contributed by atoms with Gasteiger partial charge in [0.05, 0.1) is 4.90 Å². The minimum atomic E-state index is -3.39. The van der Waals surface area contributed by atoms with Gasteiger partial charge in [-0.3, -0.25) is 0 Å². The van der Waals surface area contributed by atoms with Gasteiger partial charge in [-0.15, -0.1) is 0 Å². The molecule has 0 aliphatic carbocycles. The molecule has 0 saturated heterocycles. The van der Waals surface area contributed by atoms with Gasteiger partial charge < -0.3 is 5.32 Å². The van der Waals surface area contributed by atoms with Crippen LogP contribution in [0.1, 0.15) is 32.8 Å². The van der Waals surface area contributed by atoms with Gasteiger partial charge >= 0.3 is 0 Å². The molecular formula is C15H26N2O2S. The van der Waals surface area contributed by atoms with E-state index in [0.717, 1.165) is 24.9 Å². The monoisotopic (exact) mass is 298 g/mol. The largest absolute Gasteiger partial charge is 0.319 e. The molecule has 1 aromatic rings. The number of hydrogen-bond acceptors (Lipinski definition) is 3. The molecule has 0 amide bonds. The van der Waals surface area contributed by atoms with Gasteiger partial charge in [-0.1, -0.05) is 32.9 Å². The molecule has 0 aromatic heterocycles. The van der Waals surface area contributed by atoms with E-state index < -0.39 is 10.0 Å². The Morgan fingerprint density at radius 1 is 1.05 bits per heavy atom. The van der Waals surface area contributed by atoms with Gasteiger partial charge in [0.2, 0.25) is 10.0 Å². The average Bonchev–Trinajstić information content (AvgIpc) is 2.35. The van der Waals surface area contributed by atoms with Crippen LogP contribution >= 0.6 is 0 Å². The van der Waals surface area contributed by atoms with Crippen molar-refractivity contribution in [3.05, 3.63) is 29.8 Å². The van der Waals surface area contributed by atoms with E-state index in [9.17, 15) is 8.42 Å². The highest BCUT2D eigenvalue weighted by Crippen LogP contribution is 2.18. The molecule has 114 valence electrons. The van der Waals surface area contributed by atoms with Crippen LogP contribution in [0, 0.1) is 5.41 Å². The molecule has 0 aliphatic rings. The molecule has 1 rings (SSSR count). The Morgan fingerprint density at radius 3 is 2.15 bits per heavy atom. The third-order valence-electron chi connectivity index (χ3n) is 3.06. The summed E-state index contributed by atoms with van der Waals surface area (Å²) < 4.78 is 26.9.